The van der Waals surface area contributed by atoms with Crippen LogP contribution >= 0.6 is 0 Å². The van der Waals surface area contributed by atoms with E-state index in [1.54, 1.807) is 12.1 Å². The minimum absolute atomic E-state index is 0.264. The number of benzene rings is 2. The fourth-order valence-electron chi connectivity index (χ4n) is 2.04. The molecule has 3 N–H and O–H groups in total. The molecule has 0 radical (unpaired) electrons. The van der Waals surface area contributed by atoms with E-state index < -0.39 is 5.91 Å². The van der Waals surface area contributed by atoms with Gasteiger partial charge < -0.3 is 11.1 Å². The summed E-state index contributed by atoms with van der Waals surface area (Å²) in [5, 5.41) is 3.46. The zero-order valence-electron chi connectivity index (χ0n) is 11.0. The highest BCUT2D eigenvalue weighted by molar-refractivity contribution is 5.93. The van der Waals surface area contributed by atoms with Gasteiger partial charge in [0.15, 0.2) is 0 Å². The molecule has 2 aromatic rings. The highest BCUT2D eigenvalue weighted by atomic mass is 16.1. The highest BCUT2D eigenvalue weighted by Gasteiger charge is 2.08. The molecule has 0 aliphatic rings. The number of primary amides is 1. The number of nitrogens with one attached hydrogen (secondary N) is 1. The molecule has 3 heteroatoms. The quantitative estimate of drug-likeness (QED) is 0.859. The molecule has 0 saturated carbocycles. The molecule has 1 atom stereocenters. The Labute approximate surface area is 113 Å². The third-order valence-corrected chi connectivity index (χ3v) is 3.12. The van der Waals surface area contributed by atoms with E-state index in [1.807, 2.05) is 30.3 Å². The molecule has 0 aliphatic carbocycles. The smallest absolute Gasteiger partial charge is 0.248 e. The van der Waals surface area contributed by atoms with Gasteiger partial charge in [0.1, 0.15) is 0 Å². The highest BCUT2D eigenvalue weighted by Crippen LogP contribution is 2.22. The van der Waals surface area contributed by atoms with Crippen molar-refractivity contribution in [3.05, 3.63) is 65.7 Å². The van der Waals surface area contributed by atoms with E-state index in [-0.39, 0.29) is 6.04 Å². The summed E-state index contributed by atoms with van der Waals surface area (Å²) in [6, 6.07) is 17.8. The van der Waals surface area contributed by atoms with Crippen LogP contribution in [0.5, 0.6) is 0 Å². The molecule has 0 fully saturated rings. The molecule has 98 valence electrons. The van der Waals surface area contributed by atoms with Crippen LogP contribution in [0.1, 0.15) is 35.3 Å². The Morgan fingerprint density at radius 3 is 2.26 bits per heavy atom. The maximum atomic E-state index is 11.0. The van der Waals surface area contributed by atoms with Crippen LogP contribution in [0.2, 0.25) is 0 Å². The number of hydrogen-bond acceptors (Lipinski definition) is 2. The number of rotatable bonds is 5. The van der Waals surface area contributed by atoms with Gasteiger partial charge in [-0.3, -0.25) is 4.79 Å². The SMILES string of the molecule is CCC(Nc1ccc(C(N)=O)cc1)c1ccccc1. The van der Waals surface area contributed by atoms with Crippen molar-refractivity contribution in [2.75, 3.05) is 5.32 Å². The predicted octanol–water partition coefficient (Wildman–Crippen LogP) is 3.35. The number of hydrogen-bond donors (Lipinski definition) is 2. The molecule has 3 nitrogen and oxygen atoms in total. The van der Waals surface area contributed by atoms with Gasteiger partial charge in [-0.15, -0.1) is 0 Å². The number of carbonyl (C=O) groups excluding carboxylic acids is 1. The van der Waals surface area contributed by atoms with Gasteiger partial charge in [-0.2, -0.15) is 0 Å². The monoisotopic (exact) mass is 254 g/mol. The van der Waals surface area contributed by atoms with Crippen molar-refractivity contribution in [3.8, 4) is 0 Å². The van der Waals surface area contributed by atoms with E-state index in [0.29, 0.717) is 5.56 Å². The van der Waals surface area contributed by atoms with Gasteiger partial charge in [0.05, 0.1) is 6.04 Å². The third kappa shape index (κ3) is 3.35. The summed E-state index contributed by atoms with van der Waals surface area (Å²) in [5.74, 6) is -0.401. The van der Waals surface area contributed by atoms with Gasteiger partial charge in [-0.1, -0.05) is 37.3 Å². The molecular formula is C16H18N2O. The molecule has 2 rings (SSSR count). The van der Waals surface area contributed by atoms with Crippen molar-refractivity contribution < 1.29 is 4.79 Å². The summed E-state index contributed by atoms with van der Waals surface area (Å²) < 4.78 is 0. The van der Waals surface area contributed by atoms with E-state index >= 15 is 0 Å². The second kappa shape index (κ2) is 6.05. The van der Waals surface area contributed by atoms with Gasteiger partial charge in [-0.25, -0.2) is 0 Å². The van der Waals surface area contributed by atoms with Crippen LogP contribution in [0.15, 0.2) is 54.6 Å². The zero-order chi connectivity index (χ0) is 13.7. The molecule has 2 aromatic carbocycles. The molecule has 0 aromatic heterocycles. The van der Waals surface area contributed by atoms with Crippen molar-refractivity contribution >= 4 is 11.6 Å². The first-order valence-electron chi connectivity index (χ1n) is 6.42. The Morgan fingerprint density at radius 1 is 1.11 bits per heavy atom. The standard InChI is InChI=1S/C16H18N2O/c1-2-15(12-6-4-3-5-7-12)18-14-10-8-13(9-11-14)16(17)19/h3-11,15,18H,2H2,1H3,(H2,17,19). The Morgan fingerprint density at radius 2 is 1.74 bits per heavy atom. The fraction of sp³-hybridized carbons (Fsp3) is 0.188. The van der Waals surface area contributed by atoms with Crippen LogP contribution in [0.4, 0.5) is 5.69 Å². The molecule has 1 amide bonds. The second-order valence-corrected chi connectivity index (χ2v) is 4.46. The Hall–Kier alpha value is -2.29. The first kappa shape index (κ1) is 13.1. The minimum Gasteiger partial charge on any atom is -0.378 e. The van der Waals surface area contributed by atoms with Gasteiger partial charge in [0.2, 0.25) is 5.91 Å². The topological polar surface area (TPSA) is 55.1 Å². The maximum Gasteiger partial charge on any atom is 0.248 e. The Bertz CT molecular complexity index is 534. The van der Waals surface area contributed by atoms with Crippen molar-refractivity contribution in [2.45, 2.75) is 19.4 Å². The molecule has 0 spiro atoms. The molecular weight excluding hydrogens is 236 g/mol. The van der Waals surface area contributed by atoms with Crippen molar-refractivity contribution in [1.82, 2.24) is 0 Å². The number of amides is 1. The zero-order valence-corrected chi connectivity index (χ0v) is 11.0. The van der Waals surface area contributed by atoms with Crippen LogP contribution in [0, 0.1) is 0 Å². The average Bonchev–Trinajstić information content (AvgIpc) is 2.46. The number of nitrogens with two attached hydrogens (primary N) is 1. The van der Waals surface area contributed by atoms with Crippen LogP contribution in [-0.4, -0.2) is 5.91 Å². The van der Waals surface area contributed by atoms with Gasteiger partial charge >= 0.3 is 0 Å². The van der Waals surface area contributed by atoms with Gasteiger partial charge in [0.25, 0.3) is 0 Å². The van der Waals surface area contributed by atoms with Crippen molar-refractivity contribution in [2.24, 2.45) is 5.73 Å². The van der Waals surface area contributed by atoms with Crippen LogP contribution in [-0.2, 0) is 0 Å². The minimum atomic E-state index is -0.401. The van der Waals surface area contributed by atoms with E-state index in [0.717, 1.165) is 12.1 Å². The average molecular weight is 254 g/mol. The molecule has 0 saturated heterocycles. The molecule has 1 unspecified atom stereocenters. The lowest BCUT2D eigenvalue weighted by Gasteiger charge is -2.18. The van der Waals surface area contributed by atoms with Crippen molar-refractivity contribution in [1.29, 1.82) is 0 Å². The van der Waals surface area contributed by atoms with Crippen molar-refractivity contribution in [3.63, 3.8) is 0 Å². The first-order chi connectivity index (χ1) is 9.20. The molecule has 0 heterocycles. The summed E-state index contributed by atoms with van der Waals surface area (Å²) in [4.78, 5) is 11.0. The normalized spacial score (nSPS) is 11.8. The molecule has 0 bridgehead atoms. The Kier molecular flexibility index (Phi) is 4.18. The number of anilines is 1. The summed E-state index contributed by atoms with van der Waals surface area (Å²) in [6.07, 6.45) is 0.988. The maximum absolute atomic E-state index is 11.0. The van der Waals surface area contributed by atoms with Gasteiger partial charge in [-0.05, 0) is 36.2 Å². The van der Waals surface area contributed by atoms with E-state index in [9.17, 15) is 4.79 Å². The third-order valence-electron chi connectivity index (χ3n) is 3.12. The summed E-state index contributed by atoms with van der Waals surface area (Å²) in [6.45, 7) is 2.14. The van der Waals surface area contributed by atoms with E-state index in [4.69, 9.17) is 5.73 Å². The lowest BCUT2D eigenvalue weighted by molar-refractivity contribution is 0.100. The van der Waals surface area contributed by atoms with Gasteiger partial charge in [0, 0.05) is 11.3 Å². The second-order valence-electron chi connectivity index (χ2n) is 4.46. The lowest BCUT2D eigenvalue weighted by atomic mass is 10.0. The van der Waals surface area contributed by atoms with E-state index in [2.05, 4.69) is 24.4 Å². The summed E-state index contributed by atoms with van der Waals surface area (Å²) in [5.41, 5.74) is 7.99. The Balaban J connectivity index is 2.12. The van der Waals surface area contributed by atoms with Crippen LogP contribution in [0.3, 0.4) is 0 Å². The summed E-state index contributed by atoms with van der Waals surface area (Å²) >= 11 is 0. The molecule has 0 aliphatic heterocycles. The fourth-order valence-corrected chi connectivity index (χ4v) is 2.04. The molecule has 19 heavy (non-hydrogen) atoms. The van der Waals surface area contributed by atoms with E-state index in [1.165, 1.54) is 5.56 Å². The van der Waals surface area contributed by atoms with Crippen LogP contribution < -0.4 is 11.1 Å². The largest absolute Gasteiger partial charge is 0.378 e. The lowest BCUT2D eigenvalue weighted by Crippen LogP contribution is -2.12. The van der Waals surface area contributed by atoms with Crippen LogP contribution in [0.25, 0.3) is 0 Å². The first-order valence-corrected chi connectivity index (χ1v) is 6.42. The predicted molar refractivity (Wildman–Crippen MR) is 78.1 cm³/mol. The summed E-state index contributed by atoms with van der Waals surface area (Å²) in [7, 11) is 0. The number of carbonyl (C=O) groups is 1.